The van der Waals surface area contributed by atoms with Crippen molar-refractivity contribution in [1.82, 2.24) is 9.62 Å². The van der Waals surface area contributed by atoms with E-state index in [1.165, 1.54) is 28.6 Å². The fourth-order valence-corrected chi connectivity index (χ4v) is 4.62. The normalized spacial score (nSPS) is 17.7. The zero-order valence-corrected chi connectivity index (χ0v) is 16.0. The lowest BCUT2D eigenvalue weighted by atomic mass is 10.1. The molecule has 8 nitrogen and oxygen atoms in total. The van der Waals surface area contributed by atoms with Crippen molar-refractivity contribution in [3.05, 3.63) is 29.8 Å². The molecule has 1 fully saturated rings. The summed E-state index contributed by atoms with van der Waals surface area (Å²) in [5, 5.41) is 10.8. The van der Waals surface area contributed by atoms with E-state index in [4.69, 9.17) is 10.00 Å². The van der Waals surface area contributed by atoms with Gasteiger partial charge in [0.15, 0.2) is 6.61 Å². The number of nitrogens with zero attached hydrogens (tertiary/aromatic N) is 2. The summed E-state index contributed by atoms with van der Waals surface area (Å²) in [5.74, 6) is -1.31. The highest BCUT2D eigenvalue weighted by molar-refractivity contribution is 7.89. The van der Waals surface area contributed by atoms with Crippen LogP contribution < -0.4 is 5.32 Å². The number of esters is 1. The van der Waals surface area contributed by atoms with Gasteiger partial charge in [-0.3, -0.25) is 4.79 Å². The van der Waals surface area contributed by atoms with E-state index in [9.17, 15) is 18.0 Å². The van der Waals surface area contributed by atoms with E-state index in [2.05, 4.69) is 5.32 Å². The van der Waals surface area contributed by atoms with Gasteiger partial charge in [0.05, 0.1) is 22.9 Å². The number of ether oxygens (including phenoxy) is 1. The van der Waals surface area contributed by atoms with Gasteiger partial charge in [0.2, 0.25) is 10.0 Å². The smallest absolute Gasteiger partial charge is 0.338 e. The highest BCUT2D eigenvalue weighted by Gasteiger charge is 2.31. The van der Waals surface area contributed by atoms with Gasteiger partial charge in [-0.15, -0.1) is 0 Å². The average molecular weight is 393 g/mol. The zero-order chi connectivity index (χ0) is 19.9. The summed E-state index contributed by atoms with van der Waals surface area (Å²) >= 11 is 0. The predicted octanol–water partition coefficient (Wildman–Crippen LogP) is 1.44. The third kappa shape index (κ3) is 5.52. The van der Waals surface area contributed by atoms with Crippen molar-refractivity contribution < 1.29 is 22.7 Å². The van der Waals surface area contributed by atoms with Crippen LogP contribution in [0.3, 0.4) is 0 Å². The Morgan fingerprint density at radius 2 is 2.15 bits per heavy atom. The molecular formula is C18H23N3O5S. The van der Waals surface area contributed by atoms with E-state index in [0.29, 0.717) is 6.54 Å². The van der Waals surface area contributed by atoms with Crippen molar-refractivity contribution in [1.29, 1.82) is 5.26 Å². The van der Waals surface area contributed by atoms with Crippen LogP contribution in [0.4, 0.5) is 0 Å². The monoisotopic (exact) mass is 393 g/mol. The highest BCUT2D eigenvalue weighted by atomic mass is 32.2. The molecule has 0 saturated carbocycles. The lowest BCUT2D eigenvalue weighted by Crippen LogP contribution is -2.41. The van der Waals surface area contributed by atoms with Crippen molar-refractivity contribution in [2.75, 3.05) is 19.7 Å². The molecule has 1 heterocycles. The van der Waals surface area contributed by atoms with Crippen LogP contribution in [0.1, 0.15) is 43.0 Å². The Balaban J connectivity index is 2.05. The number of nitriles is 1. The second-order valence-electron chi connectivity index (χ2n) is 6.32. The quantitative estimate of drug-likeness (QED) is 0.553. The van der Waals surface area contributed by atoms with E-state index >= 15 is 0 Å². The molecule has 9 heteroatoms. The van der Waals surface area contributed by atoms with Crippen LogP contribution in [0.5, 0.6) is 0 Å². The predicted molar refractivity (Wildman–Crippen MR) is 97.2 cm³/mol. The molecule has 1 aliphatic heterocycles. The first-order valence-electron chi connectivity index (χ1n) is 8.79. The lowest BCUT2D eigenvalue weighted by Gasteiger charge is -2.32. The summed E-state index contributed by atoms with van der Waals surface area (Å²) in [4.78, 5) is 23.7. The van der Waals surface area contributed by atoms with Crippen LogP contribution in [0, 0.1) is 11.3 Å². The van der Waals surface area contributed by atoms with Gasteiger partial charge in [0, 0.05) is 19.1 Å². The fraction of sp³-hybridized carbons (Fsp3) is 0.500. The standard InChI is InChI=1S/C18H23N3O5S/c1-14-6-2-3-11-21(14)27(24,25)16-8-4-7-15(12-16)18(23)26-13-17(22)20-10-5-9-19/h4,7-8,12,14H,2-3,5-6,10-11,13H2,1H3,(H,20,22)/t14-/m1/s1. The van der Waals surface area contributed by atoms with E-state index in [0.717, 1.165) is 19.3 Å². The maximum Gasteiger partial charge on any atom is 0.338 e. The fourth-order valence-electron chi connectivity index (χ4n) is 2.87. The van der Waals surface area contributed by atoms with Crippen LogP contribution in [0.15, 0.2) is 29.2 Å². The third-order valence-electron chi connectivity index (χ3n) is 4.31. The number of hydrogen-bond acceptors (Lipinski definition) is 6. The lowest BCUT2D eigenvalue weighted by molar-refractivity contribution is -0.124. The van der Waals surface area contributed by atoms with Gasteiger partial charge in [-0.1, -0.05) is 12.5 Å². The molecule has 0 unspecified atom stereocenters. The zero-order valence-electron chi connectivity index (χ0n) is 15.2. The van der Waals surface area contributed by atoms with Crippen molar-refractivity contribution in [2.24, 2.45) is 0 Å². The SMILES string of the molecule is C[C@@H]1CCCCN1S(=O)(=O)c1cccc(C(=O)OCC(=O)NCCC#N)c1. The van der Waals surface area contributed by atoms with Crippen LogP contribution in [-0.2, 0) is 19.6 Å². The second kappa shape index (κ2) is 9.48. The van der Waals surface area contributed by atoms with Crippen molar-refractivity contribution >= 4 is 21.9 Å². The Hall–Kier alpha value is -2.44. The molecule has 0 aliphatic carbocycles. The van der Waals surface area contributed by atoms with Gasteiger partial charge >= 0.3 is 5.97 Å². The molecule has 0 radical (unpaired) electrons. The number of nitrogens with one attached hydrogen (secondary N) is 1. The minimum absolute atomic E-state index is 0.0316. The first-order chi connectivity index (χ1) is 12.9. The van der Waals surface area contributed by atoms with Crippen LogP contribution in [0.25, 0.3) is 0 Å². The number of amides is 1. The number of piperidine rings is 1. The van der Waals surface area contributed by atoms with Crippen molar-refractivity contribution in [3.8, 4) is 6.07 Å². The number of hydrogen-bond donors (Lipinski definition) is 1. The van der Waals surface area contributed by atoms with Crippen LogP contribution >= 0.6 is 0 Å². The molecule has 0 bridgehead atoms. The first kappa shape index (κ1) is 20.9. The molecule has 1 aliphatic rings. The molecule has 1 N–H and O–H groups in total. The van der Waals surface area contributed by atoms with Crippen molar-refractivity contribution in [3.63, 3.8) is 0 Å². The molecule has 1 amide bonds. The van der Waals surface area contributed by atoms with Crippen LogP contribution in [0.2, 0.25) is 0 Å². The molecule has 2 rings (SSSR count). The minimum atomic E-state index is -3.70. The summed E-state index contributed by atoms with van der Waals surface area (Å²) in [5.41, 5.74) is 0.0607. The second-order valence-corrected chi connectivity index (χ2v) is 8.21. The van der Waals surface area contributed by atoms with E-state index in [1.54, 1.807) is 0 Å². The molecule has 1 saturated heterocycles. The molecule has 1 atom stereocenters. The Bertz CT molecular complexity index is 832. The Labute approximate surface area is 159 Å². The molecule has 146 valence electrons. The van der Waals surface area contributed by atoms with Crippen LogP contribution in [-0.4, -0.2) is 50.3 Å². The molecular weight excluding hydrogens is 370 g/mol. The van der Waals surface area contributed by atoms with E-state index in [-0.39, 0.29) is 29.5 Å². The number of sulfonamides is 1. The number of benzene rings is 1. The largest absolute Gasteiger partial charge is 0.452 e. The Morgan fingerprint density at radius 3 is 2.85 bits per heavy atom. The minimum Gasteiger partial charge on any atom is -0.452 e. The maximum absolute atomic E-state index is 12.9. The number of carbonyl (C=O) groups is 2. The summed E-state index contributed by atoms with van der Waals surface area (Å²) in [7, 11) is -3.70. The molecule has 27 heavy (non-hydrogen) atoms. The number of rotatable bonds is 7. The third-order valence-corrected chi connectivity index (χ3v) is 6.32. The summed E-state index contributed by atoms with van der Waals surface area (Å²) in [6.45, 7) is 2.01. The van der Waals surface area contributed by atoms with E-state index in [1.807, 2.05) is 13.0 Å². The Kier molecular flexibility index (Phi) is 7.33. The highest BCUT2D eigenvalue weighted by Crippen LogP contribution is 2.25. The van der Waals surface area contributed by atoms with Gasteiger partial charge in [-0.05, 0) is 38.0 Å². The summed E-state index contributed by atoms with van der Waals surface area (Å²) in [6, 6.07) is 7.43. The van der Waals surface area contributed by atoms with Gasteiger partial charge in [-0.25, -0.2) is 13.2 Å². The topological polar surface area (TPSA) is 117 Å². The van der Waals surface area contributed by atoms with Crippen molar-refractivity contribution in [2.45, 2.75) is 43.5 Å². The van der Waals surface area contributed by atoms with Gasteiger partial charge < -0.3 is 10.1 Å². The van der Waals surface area contributed by atoms with Gasteiger partial charge in [0.25, 0.3) is 5.91 Å². The molecule has 0 aromatic heterocycles. The number of carbonyl (C=O) groups excluding carboxylic acids is 2. The summed E-state index contributed by atoms with van der Waals surface area (Å²) in [6.07, 6.45) is 2.78. The van der Waals surface area contributed by atoms with Gasteiger partial charge in [0.1, 0.15) is 0 Å². The van der Waals surface area contributed by atoms with E-state index < -0.39 is 28.5 Å². The van der Waals surface area contributed by atoms with Gasteiger partial charge in [-0.2, -0.15) is 9.57 Å². The maximum atomic E-state index is 12.9. The first-order valence-corrected chi connectivity index (χ1v) is 10.2. The average Bonchev–Trinajstić information content (AvgIpc) is 2.66. The molecule has 0 spiro atoms. The molecule has 1 aromatic rings. The summed E-state index contributed by atoms with van der Waals surface area (Å²) < 4.78 is 32.1. The Morgan fingerprint density at radius 1 is 1.37 bits per heavy atom. The molecule has 1 aromatic carbocycles.